The summed E-state index contributed by atoms with van der Waals surface area (Å²) >= 11 is 12.8. The third-order valence-corrected chi connectivity index (χ3v) is 5.75. The molecule has 0 spiro atoms. The molecule has 1 unspecified atom stereocenters. The average molecular weight is 427 g/mol. The van der Waals surface area contributed by atoms with Crippen LogP contribution < -0.4 is 15.4 Å². The molecule has 3 aromatic carbocycles. The molecule has 1 heterocycles. The van der Waals surface area contributed by atoms with Crippen LogP contribution in [0.3, 0.4) is 0 Å². The van der Waals surface area contributed by atoms with Gasteiger partial charge in [-0.15, -0.1) is 0 Å². The molecule has 1 aliphatic rings. The van der Waals surface area contributed by atoms with Gasteiger partial charge in [-0.1, -0.05) is 53.5 Å². The van der Waals surface area contributed by atoms with E-state index in [9.17, 15) is 4.79 Å². The van der Waals surface area contributed by atoms with Gasteiger partial charge in [0.15, 0.2) is 5.54 Å². The van der Waals surface area contributed by atoms with Crippen LogP contribution in [0, 0.1) is 0 Å². The summed E-state index contributed by atoms with van der Waals surface area (Å²) < 4.78 is 5.30. The van der Waals surface area contributed by atoms with Crippen LogP contribution in [0.15, 0.2) is 66.7 Å². The van der Waals surface area contributed by atoms with Gasteiger partial charge in [0.05, 0.1) is 7.11 Å². The minimum atomic E-state index is -1.11. The van der Waals surface area contributed by atoms with E-state index in [1.807, 2.05) is 54.6 Å². The van der Waals surface area contributed by atoms with Crippen LogP contribution in [0.25, 0.3) is 0 Å². The van der Waals surface area contributed by atoms with Gasteiger partial charge in [-0.3, -0.25) is 10.1 Å². The van der Waals surface area contributed by atoms with Crippen molar-refractivity contribution in [2.75, 3.05) is 19.0 Å². The molecule has 0 saturated heterocycles. The quantitative estimate of drug-likeness (QED) is 0.580. The molecule has 0 bridgehead atoms. The van der Waals surface area contributed by atoms with Gasteiger partial charge in [0.1, 0.15) is 5.75 Å². The van der Waals surface area contributed by atoms with E-state index in [1.54, 1.807) is 19.2 Å². The molecule has 29 heavy (non-hydrogen) atoms. The summed E-state index contributed by atoms with van der Waals surface area (Å²) in [5.41, 5.74) is 2.20. The molecule has 3 aromatic rings. The second-order valence-electron chi connectivity index (χ2n) is 6.90. The molecule has 148 valence electrons. The Bertz CT molecular complexity index is 1070. The van der Waals surface area contributed by atoms with E-state index in [0.717, 1.165) is 22.6 Å². The fraction of sp³-hybridized carbons (Fsp3) is 0.174. The van der Waals surface area contributed by atoms with E-state index in [2.05, 4.69) is 10.6 Å². The molecule has 1 amide bonds. The molecule has 4 rings (SSSR count). The molecule has 1 atom stereocenters. The fourth-order valence-electron chi connectivity index (χ4n) is 3.80. The summed E-state index contributed by atoms with van der Waals surface area (Å²) in [7, 11) is 1.65. The highest BCUT2D eigenvalue weighted by Gasteiger charge is 2.49. The van der Waals surface area contributed by atoms with Crippen molar-refractivity contribution in [2.24, 2.45) is 0 Å². The Hall–Kier alpha value is -2.53. The van der Waals surface area contributed by atoms with Crippen molar-refractivity contribution in [2.45, 2.75) is 12.0 Å². The van der Waals surface area contributed by atoms with Crippen LogP contribution >= 0.6 is 23.2 Å². The second-order valence-corrected chi connectivity index (χ2v) is 7.75. The van der Waals surface area contributed by atoms with Crippen LogP contribution in [0.5, 0.6) is 5.75 Å². The third-order valence-electron chi connectivity index (χ3n) is 5.19. The molecular formula is C23H20Cl2N2O2. The maximum absolute atomic E-state index is 13.3. The number of nitrogens with one attached hydrogen (secondary N) is 2. The number of hydrogen-bond donors (Lipinski definition) is 2. The average Bonchev–Trinajstić information content (AvgIpc) is 3.00. The number of carbonyl (C=O) groups is 1. The minimum Gasteiger partial charge on any atom is -0.497 e. The number of rotatable bonds is 6. The lowest BCUT2D eigenvalue weighted by molar-refractivity contribution is -0.120. The third kappa shape index (κ3) is 3.60. The Morgan fingerprint density at radius 2 is 1.83 bits per heavy atom. The number of benzene rings is 3. The van der Waals surface area contributed by atoms with E-state index in [4.69, 9.17) is 27.9 Å². The molecule has 0 saturated carbocycles. The smallest absolute Gasteiger partial charge is 0.254 e. The van der Waals surface area contributed by atoms with Gasteiger partial charge in [-0.05, 0) is 48.4 Å². The number of methoxy groups -OCH3 is 1. The standard InChI is InChI=1S/C23H20Cl2N2O2/c1-29-17-6-4-5-15(13-17)11-12-26-23(18-7-2-3-8-20(18)25)19-14-16(24)9-10-21(19)27-22(23)28/h2-10,13-14,26H,11-12H2,1H3,(H,27,28). The van der Waals surface area contributed by atoms with Crippen molar-refractivity contribution in [3.8, 4) is 5.75 Å². The molecule has 0 aliphatic carbocycles. The Balaban J connectivity index is 1.72. The number of ether oxygens (including phenoxy) is 1. The topological polar surface area (TPSA) is 50.4 Å². The molecule has 0 fully saturated rings. The highest BCUT2D eigenvalue weighted by atomic mass is 35.5. The number of amides is 1. The molecule has 1 aliphatic heterocycles. The zero-order chi connectivity index (χ0) is 20.4. The zero-order valence-corrected chi connectivity index (χ0v) is 17.3. The van der Waals surface area contributed by atoms with Crippen LogP contribution in [0.2, 0.25) is 10.0 Å². The predicted molar refractivity (Wildman–Crippen MR) is 117 cm³/mol. The molecule has 0 radical (unpaired) electrons. The van der Waals surface area contributed by atoms with E-state index in [1.165, 1.54) is 0 Å². The summed E-state index contributed by atoms with van der Waals surface area (Å²) in [6, 6.07) is 20.7. The molecule has 0 aromatic heterocycles. The van der Waals surface area contributed by atoms with Gasteiger partial charge in [0, 0.05) is 33.4 Å². The monoisotopic (exact) mass is 426 g/mol. The Morgan fingerprint density at radius 1 is 1.00 bits per heavy atom. The van der Waals surface area contributed by atoms with Crippen molar-refractivity contribution in [3.05, 3.63) is 93.5 Å². The number of anilines is 1. The van der Waals surface area contributed by atoms with Crippen LogP contribution in [-0.4, -0.2) is 19.6 Å². The molecular weight excluding hydrogens is 407 g/mol. The maximum atomic E-state index is 13.3. The van der Waals surface area contributed by atoms with E-state index in [-0.39, 0.29) is 5.91 Å². The highest BCUT2D eigenvalue weighted by Crippen LogP contribution is 2.44. The van der Waals surface area contributed by atoms with Gasteiger partial charge in [0.25, 0.3) is 5.91 Å². The summed E-state index contributed by atoms with van der Waals surface area (Å²) in [6.07, 6.45) is 0.715. The summed E-state index contributed by atoms with van der Waals surface area (Å²) in [6.45, 7) is 0.553. The summed E-state index contributed by atoms with van der Waals surface area (Å²) in [5, 5.41) is 7.52. The van der Waals surface area contributed by atoms with Gasteiger partial charge in [0.2, 0.25) is 0 Å². The predicted octanol–water partition coefficient (Wildman–Crippen LogP) is 5.03. The molecule has 6 heteroatoms. The Kier molecular flexibility index (Phi) is 5.50. The lowest BCUT2D eigenvalue weighted by atomic mass is 9.83. The molecule has 2 N–H and O–H groups in total. The van der Waals surface area contributed by atoms with Crippen LogP contribution in [0.4, 0.5) is 5.69 Å². The fourth-order valence-corrected chi connectivity index (χ4v) is 4.25. The lowest BCUT2D eigenvalue weighted by Crippen LogP contribution is -2.50. The SMILES string of the molecule is COc1cccc(CCNC2(c3ccccc3Cl)C(=O)Nc3ccc(Cl)cc32)c1. The summed E-state index contributed by atoms with van der Waals surface area (Å²) in [4.78, 5) is 13.3. The minimum absolute atomic E-state index is 0.173. The van der Waals surface area contributed by atoms with Crippen molar-refractivity contribution in [1.82, 2.24) is 5.32 Å². The maximum Gasteiger partial charge on any atom is 0.254 e. The van der Waals surface area contributed by atoms with Crippen molar-refractivity contribution < 1.29 is 9.53 Å². The summed E-state index contributed by atoms with van der Waals surface area (Å²) in [5.74, 6) is 0.632. The number of hydrogen-bond acceptors (Lipinski definition) is 3. The first-order chi connectivity index (χ1) is 14.0. The van der Waals surface area contributed by atoms with Crippen LogP contribution in [-0.2, 0) is 16.8 Å². The Labute approximate surface area is 179 Å². The van der Waals surface area contributed by atoms with Crippen molar-refractivity contribution >= 4 is 34.8 Å². The lowest BCUT2D eigenvalue weighted by Gasteiger charge is -2.30. The Morgan fingerprint density at radius 3 is 2.62 bits per heavy atom. The number of halogens is 2. The van der Waals surface area contributed by atoms with Crippen LogP contribution in [0.1, 0.15) is 16.7 Å². The first-order valence-corrected chi connectivity index (χ1v) is 10.0. The van der Waals surface area contributed by atoms with Gasteiger partial charge >= 0.3 is 0 Å². The van der Waals surface area contributed by atoms with Gasteiger partial charge in [-0.25, -0.2) is 0 Å². The van der Waals surface area contributed by atoms with Gasteiger partial charge < -0.3 is 10.1 Å². The van der Waals surface area contributed by atoms with E-state index in [0.29, 0.717) is 28.6 Å². The van der Waals surface area contributed by atoms with Gasteiger partial charge in [-0.2, -0.15) is 0 Å². The van der Waals surface area contributed by atoms with E-state index < -0.39 is 5.54 Å². The highest BCUT2D eigenvalue weighted by molar-refractivity contribution is 6.32. The number of fused-ring (bicyclic) bond motifs is 1. The zero-order valence-electron chi connectivity index (χ0n) is 15.8. The second kappa shape index (κ2) is 8.07. The van der Waals surface area contributed by atoms with Crippen molar-refractivity contribution in [1.29, 1.82) is 0 Å². The first-order valence-electron chi connectivity index (χ1n) is 9.29. The normalized spacial score (nSPS) is 17.7. The first kappa shape index (κ1) is 19.8. The largest absolute Gasteiger partial charge is 0.497 e. The van der Waals surface area contributed by atoms with E-state index >= 15 is 0 Å². The van der Waals surface area contributed by atoms with Crippen molar-refractivity contribution in [3.63, 3.8) is 0 Å². The molecule has 4 nitrogen and oxygen atoms in total. The number of carbonyl (C=O) groups excluding carboxylic acids is 1.